The van der Waals surface area contributed by atoms with E-state index in [0.29, 0.717) is 41.2 Å². The highest BCUT2D eigenvalue weighted by atomic mass is 79.9. The van der Waals surface area contributed by atoms with E-state index < -0.39 is 10.3 Å². The largest absolute Gasteiger partial charge is 0.497 e. The zero-order chi connectivity index (χ0) is 26.4. The van der Waals surface area contributed by atoms with Crippen LogP contribution in [0.15, 0.2) is 40.9 Å². The third-order valence-corrected chi connectivity index (χ3v) is 9.43. The molecule has 2 saturated carbocycles. The zero-order valence-corrected chi connectivity index (χ0v) is 22.8. The summed E-state index contributed by atoms with van der Waals surface area (Å²) in [6.07, 6.45) is 5.81. The Morgan fingerprint density at radius 3 is 2.54 bits per heavy atom. The molecule has 8 nitrogen and oxygen atoms in total. The van der Waals surface area contributed by atoms with E-state index in [-0.39, 0.29) is 22.9 Å². The van der Waals surface area contributed by atoms with Gasteiger partial charge in [0, 0.05) is 41.2 Å². The van der Waals surface area contributed by atoms with Crippen LogP contribution < -0.4 is 10.1 Å². The van der Waals surface area contributed by atoms with E-state index in [2.05, 4.69) is 21.2 Å². The third kappa shape index (κ3) is 4.41. The number of hydrogen-bond acceptors (Lipinski definition) is 5. The first-order valence-electron chi connectivity index (χ1n) is 12.9. The molecular formula is C28H32BrN3O5. The Labute approximate surface area is 225 Å². The molecule has 0 spiro atoms. The molecule has 1 N–H and O–H groups in total. The number of hydrogen-bond donors (Lipinski definition) is 1. The van der Waals surface area contributed by atoms with Crippen molar-refractivity contribution in [3.05, 3.63) is 67.7 Å². The van der Waals surface area contributed by atoms with Gasteiger partial charge in [-0.3, -0.25) is 19.7 Å². The summed E-state index contributed by atoms with van der Waals surface area (Å²) in [5.74, 6) is 0.993. The van der Waals surface area contributed by atoms with Crippen LogP contribution in [-0.4, -0.2) is 48.4 Å². The molecule has 5 rings (SSSR count). The second-order valence-corrected chi connectivity index (χ2v) is 11.8. The number of benzene rings is 2. The molecule has 9 heteroatoms. The number of carbonyl (C=O) groups excluding carboxylic acids is 2. The van der Waals surface area contributed by atoms with Gasteiger partial charge in [-0.1, -0.05) is 40.9 Å². The van der Waals surface area contributed by atoms with Crippen LogP contribution in [0.2, 0.25) is 0 Å². The van der Waals surface area contributed by atoms with E-state index in [4.69, 9.17) is 4.74 Å². The molecule has 2 amide bonds. The number of halogens is 1. The van der Waals surface area contributed by atoms with Crippen molar-refractivity contribution >= 4 is 33.4 Å². The van der Waals surface area contributed by atoms with Crippen molar-refractivity contribution in [3.8, 4) is 5.75 Å². The summed E-state index contributed by atoms with van der Waals surface area (Å²) in [6, 6.07) is 10.9. The lowest BCUT2D eigenvalue weighted by molar-refractivity contribution is -0.385. The number of nitro groups is 1. The highest BCUT2D eigenvalue weighted by molar-refractivity contribution is 9.10. The van der Waals surface area contributed by atoms with Crippen molar-refractivity contribution in [1.29, 1.82) is 0 Å². The number of nitrogens with one attached hydrogen (secondary N) is 1. The molecule has 37 heavy (non-hydrogen) atoms. The first-order chi connectivity index (χ1) is 17.7. The van der Waals surface area contributed by atoms with Gasteiger partial charge in [-0.05, 0) is 62.3 Å². The van der Waals surface area contributed by atoms with Gasteiger partial charge in [0.15, 0.2) is 0 Å². The summed E-state index contributed by atoms with van der Waals surface area (Å²) >= 11 is 3.29. The number of amides is 2. The Morgan fingerprint density at radius 2 is 1.92 bits per heavy atom. The highest BCUT2D eigenvalue weighted by Gasteiger charge is 2.55. The normalized spacial score (nSPS) is 23.8. The molecule has 196 valence electrons. The highest BCUT2D eigenvalue weighted by Crippen LogP contribution is 2.52. The maximum absolute atomic E-state index is 14.0. The number of nitro benzene ring substituents is 1. The molecule has 2 atom stereocenters. The van der Waals surface area contributed by atoms with Gasteiger partial charge in [0.1, 0.15) is 5.75 Å². The number of carbonyl (C=O) groups is 2. The number of likely N-dealkylation sites (tertiary alicyclic amines) is 1. The molecule has 0 bridgehead atoms. The van der Waals surface area contributed by atoms with Gasteiger partial charge in [-0.25, -0.2) is 0 Å². The lowest BCUT2D eigenvalue weighted by Crippen LogP contribution is -2.51. The van der Waals surface area contributed by atoms with Crippen molar-refractivity contribution in [2.45, 2.75) is 50.9 Å². The van der Waals surface area contributed by atoms with E-state index in [1.807, 2.05) is 29.2 Å². The average Bonchev–Trinajstić information content (AvgIpc) is 3.41. The Balaban J connectivity index is 1.32. The van der Waals surface area contributed by atoms with Gasteiger partial charge in [-0.2, -0.15) is 0 Å². The average molecular weight is 570 g/mol. The van der Waals surface area contributed by atoms with Gasteiger partial charge in [0.05, 0.1) is 23.0 Å². The van der Waals surface area contributed by atoms with Crippen molar-refractivity contribution in [3.63, 3.8) is 0 Å². The number of ether oxygens (including phenoxy) is 1. The van der Waals surface area contributed by atoms with Crippen LogP contribution in [0, 0.1) is 28.4 Å². The van der Waals surface area contributed by atoms with Gasteiger partial charge in [-0.15, -0.1) is 0 Å². The van der Waals surface area contributed by atoms with Crippen LogP contribution in [0.25, 0.3) is 0 Å². The first-order valence-corrected chi connectivity index (χ1v) is 13.6. The van der Waals surface area contributed by atoms with Crippen molar-refractivity contribution in [2.24, 2.45) is 11.3 Å². The number of fused-ring (bicyclic) bond motifs is 1. The molecule has 0 unspecified atom stereocenters. The predicted octanol–water partition coefficient (Wildman–Crippen LogP) is 5.15. The number of rotatable bonds is 7. The van der Waals surface area contributed by atoms with Gasteiger partial charge in [0.25, 0.3) is 11.6 Å². The fourth-order valence-corrected chi connectivity index (χ4v) is 7.11. The minimum atomic E-state index is -0.471. The summed E-state index contributed by atoms with van der Waals surface area (Å²) in [4.78, 5) is 40.1. The summed E-state index contributed by atoms with van der Waals surface area (Å²) in [5.41, 5.74) is 0.977. The van der Waals surface area contributed by atoms with Crippen LogP contribution in [0.5, 0.6) is 5.75 Å². The Morgan fingerprint density at radius 1 is 1.19 bits per heavy atom. The first kappa shape index (κ1) is 25.7. The fourth-order valence-electron chi connectivity index (χ4n) is 6.67. The molecule has 3 aliphatic rings. The van der Waals surface area contributed by atoms with E-state index in [1.54, 1.807) is 20.1 Å². The summed E-state index contributed by atoms with van der Waals surface area (Å²) in [6.45, 7) is 3.40. The Kier molecular flexibility index (Phi) is 6.77. The minimum Gasteiger partial charge on any atom is -0.497 e. The van der Waals surface area contributed by atoms with E-state index >= 15 is 0 Å². The zero-order valence-electron chi connectivity index (χ0n) is 21.2. The third-order valence-electron chi connectivity index (χ3n) is 8.97. The smallest absolute Gasteiger partial charge is 0.274 e. The van der Waals surface area contributed by atoms with Crippen LogP contribution in [0.4, 0.5) is 5.69 Å². The van der Waals surface area contributed by atoms with E-state index in [9.17, 15) is 19.7 Å². The maximum Gasteiger partial charge on any atom is 0.274 e. The summed E-state index contributed by atoms with van der Waals surface area (Å²) < 4.78 is 5.80. The lowest BCUT2D eigenvalue weighted by Gasteiger charge is -2.43. The standard InChI is InChI=1S/C28H32BrN3O5/c1-18-23(13-21(29)14-24(18)32(35)36)25(33)30-16-27-10-3-5-20(27)15-31(17-27)26(34)28(11-4-12-28)19-6-8-22(37-2)9-7-19/h6-9,13-14,20H,3-5,10-12,15-17H2,1-2H3,(H,30,33)/t20-,27-/m0/s1. The topological polar surface area (TPSA) is 102 Å². The quantitative estimate of drug-likeness (QED) is 0.366. The van der Waals surface area contributed by atoms with Gasteiger partial charge in [0.2, 0.25) is 5.91 Å². The fraction of sp³-hybridized carbons (Fsp3) is 0.500. The molecule has 2 aliphatic carbocycles. The number of methoxy groups -OCH3 is 1. The van der Waals surface area contributed by atoms with Gasteiger partial charge < -0.3 is 15.0 Å². The van der Waals surface area contributed by atoms with Crippen LogP contribution >= 0.6 is 15.9 Å². The molecule has 2 aromatic carbocycles. The molecule has 0 aromatic heterocycles. The predicted molar refractivity (Wildman–Crippen MR) is 143 cm³/mol. The SMILES string of the molecule is COc1ccc(C2(C(=O)N3C[C@@H]4CCC[C@]4(CNC(=O)c4cc(Br)cc([N+](=O)[O-])c4C)C3)CCC2)cc1. The van der Waals surface area contributed by atoms with Crippen molar-refractivity contribution in [2.75, 3.05) is 26.7 Å². The molecule has 3 fully saturated rings. The molecule has 1 heterocycles. The second-order valence-electron chi connectivity index (χ2n) is 10.8. The van der Waals surface area contributed by atoms with Crippen molar-refractivity contribution < 1.29 is 19.2 Å². The summed E-state index contributed by atoms with van der Waals surface area (Å²) in [7, 11) is 1.64. The van der Waals surface area contributed by atoms with Gasteiger partial charge >= 0.3 is 0 Å². The Hall–Kier alpha value is -2.94. The van der Waals surface area contributed by atoms with Crippen LogP contribution in [-0.2, 0) is 10.2 Å². The Bertz CT molecular complexity index is 1240. The molecule has 1 aliphatic heterocycles. The molecule has 2 aromatic rings. The monoisotopic (exact) mass is 569 g/mol. The lowest BCUT2D eigenvalue weighted by atomic mass is 9.63. The summed E-state index contributed by atoms with van der Waals surface area (Å²) in [5, 5.41) is 14.5. The molecular weight excluding hydrogens is 538 g/mol. The number of nitrogens with zero attached hydrogens (tertiary/aromatic N) is 2. The molecule has 0 radical (unpaired) electrons. The van der Waals surface area contributed by atoms with Crippen LogP contribution in [0.1, 0.15) is 60.0 Å². The van der Waals surface area contributed by atoms with Crippen molar-refractivity contribution in [1.82, 2.24) is 10.2 Å². The van der Waals surface area contributed by atoms with Crippen LogP contribution in [0.3, 0.4) is 0 Å². The van der Waals surface area contributed by atoms with E-state index in [1.165, 1.54) is 6.07 Å². The van der Waals surface area contributed by atoms with E-state index in [0.717, 1.165) is 49.8 Å². The maximum atomic E-state index is 14.0. The minimum absolute atomic E-state index is 0.0848. The molecule has 1 saturated heterocycles. The second kappa shape index (κ2) is 9.74.